The lowest BCUT2D eigenvalue weighted by molar-refractivity contribution is -0.138. The van der Waals surface area contributed by atoms with Crippen molar-refractivity contribution in [2.75, 3.05) is 26.4 Å². The van der Waals surface area contributed by atoms with Crippen molar-refractivity contribution >= 4 is 18.0 Å². The van der Waals surface area contributed by atoms with Gasteiger partial charge in [0, 0.05) is 24.9 Å². The molecule has 0 aromatic heterocycles. The number of alkyl carbamates (subject to hydrolysis) is 1. The predicted octanol–water partition coefficient (Wildman–Crippen LogP) is 3.94. The van der Waals surface area contributed by atoms with Gasteiger partial charge >= 0.3 is 12.1 Å². The van der Waals surface area contributed by atoms with E-state index in [0.717, 1.165) is 22.3 Å². The van der Waals surface area contributed by atoms with Crippen molar-refractivity contribution in [2.45, 2.75) is 45.6 Å². The van der Waals surface area contributed by atoms with Crippen molar-refractivity contribution in [1.29, 1.82) is 0 Å². The van der Waals surface area contributed by atoms with E-state index in [2.05, 4.69) is 34.9 Å². The standard InChI is InChI=1S/C27H34N2O6/c1-27(2,3)23(16-24(30)28-13-15-34-14-12-25(31)32)29-26(33)35-17-22-20-10-6-4-8-18(20)19-9-5-7-11-21(19)22/h4-11,22-23H,12-17H2,1-3H3,(H,28,30)(H,29,33)(H,31,32). The number of fused-ring (bicyclic) bond motifs is 3. The molecule has 0 bridgehead atoms. The number of aliphatic carboxylic acids is 1. The Balaban J connectivity index is 1.51. The van der Waals surface area contributed by atoms with Crippen molar-refractivity contribution in [3.8, 4) is 11.1 Å². The molecule has 2 aromatic carbocycles. The van der Waals surface area contributed by atoms with Crippen LogP contribution in [0.5, 0.6) is 0 Å². The Morgan fingerprint density at radius 1 is 0.971 bits per heavy atom. The second-order valence-corrected chi connectivity index (χ2v) is 9.70. The summed E-state index contributed by atoms with van der Waals surface area (Å²) < 4.78 is 10.8. The lowest BCUT2D eigenvalue weighted by atomic mass is 9.84. The van der Waals surface area contributed by atoms with Crippen molar-refractivity contribution in [1.82, 2.24) is 10.6 Å². The number of hydrogen-bond donors (Lipinski definition) is 3. The Labute approximate surface area is 206 Å². The molecule has 0 saturated heterocycles. The number of nitrogens with one attached hydrogen (secondary N) is 2. The predicted molar refractivity (Wildman–Crippen MR) is 132 cm³/mol. The Bertz CT molecular complexity index is 1000. The number of carbonyl (C=O) groups excluding carboxylic acids is 2. The van der Waals surface area contributed by atoms with Crippen LogP contribution in [0, 0.1) is 5.41 Å². The highest BCUT2D eigenvalue weighted by atomic mass is 16.5. The van der Waals surface area contributed by atoms with Crippen molar-refractivity contribution in [2.24, 2.45) is 5.41 Å². The summed E-state index contributed by atoms with van der Waals surface area (Å²) in [5.74, 6) is -1.20. The first kappa shape index (κ1) is 26.2. The van der Waals surface area contributed by atoms with Crippen LogP contribution in [0.4, 0.5) is 4.79 Å². The average Bonchev–Trinajstić information content (AvgIpc) is 3.12. The quantitative estimate of drug-likeness (QED) is 0.418. The van der Waals surface area contributed by atoms with Crippen molar-refractivity contribution < 1.29 is 29.0 Å². The van der Waals surface area contributed by atoms with E-state index < -0.39 is 18.1 Å². The van der Waals surface area contributed by atoms with Crippen LogP contribution in [0.2, 0.25) is 0 Å². The van der Waals surface area contributed by atoms with Crippen LogP contribution < -0.4 is 10.6 Å². The molecule has 0 radical (unpaired) electrons. The molecule has 0 aliphatic heterocycles. The summed E-state index contributed by atoms with van der Waals surface area (Å²) in [5.41, 5.74) is 4.22. The largest absolute Gasteiger partial charge is 0.481 e. The SMILES string of the molecule is CC(C)(C)C(CC(=O)NCCOCCC(=O)O)NC(=O)OCC1c2ccccc2-c2ccccc21. The zero-order valence-electron chi connectivity index (χ0n) is 20.5. The van der Waals surface area contributed by atoms with E-state index in [0.29, 0.717) is 0 Å². The van der Waals surface area contributed by atoms with Gasteiger partial charge in [-0.3, -0.25) is 9.59 Å². The molecular weight excluding hydrogens is 448 g/mol. The van der Waals surface area contributed by atoms with Gasteiger partial charge in [-0.1, -0.05) is 69.3 Å². The second-order valence-electron chi connectivity index (χ2n) is 9.70. The molecule has 0 fully saturated rings. The van der Waals surface area contributed by atoms with E-state index in [1.165, 1.54) is 0 Å². The van der Waals surface area contributed by atoms with Crippen LogP contribution in [0.3, 0.4) is 0 Å². The lowest BCUT2D eigenvalue weighted by Gasteiger charge is -2.31. The molecule has 1 aliphatic rings. The highest BCUT2D eigenvalue weighted by Crippen LogP contribution is 2.44. The number of benzene rings is 2. The van der Waals surface area contributed by atoms with E-state index in [1.807, 2.05) is 45.0 Å². The fourth-order valence-corrected chi connectivity index (χ4v) is 4.14. The van der Waals surface area contributed by atoms with Gasteiger partial charge in [-0.15, -0.1) is 0 Å². The second kappa shape index (κ2) is 11.8. The molecule has 1 atom stereocenters. The summed E-state index contributed by atoms with van der Waals surface area (Å²) in [5, 5.41) is 14.2. The lowest BCUT2D eigenvalue weighted by Crippen LogP contribution is -2.47. The van der Waals surface area contributed by atoms with Gasteiger partial charge in [0.1, 0.15) is 6.61 Å². The molecule has 1 unspecified atom stereocenters. The molecule has 8 nitrogen and oxygen atoms in total. The maximum absolute atomic E-state index is 12.7. The zero-order chi connectivity index (χ0) is 25.4. The Hall–Kier alpha value is -3.39. The van der Waals surface area contributed by atoms with Crippen LogP contribution in [-0.4, -0.2) is 55.5 Å². The monoisotopic (exact) mass is 482 g/mol. The number of rotatable bonds is 11. The average molecular weight is 483 g/mol. The fraction of sp³-hybridized carbons (Fsp3) is 0.444. The molecule has 8 heteroatoms. The fourth-order valence-electron chi connectivity index (χ4n) is 4.14. The molecule has 35 heavy (non-hydrogen) atoms. The van der Waals surface area contributed by atoms with Gasteiger partial charge in [0.15, 0.2) is 0 Å². The van der Waals surface area contributed by atoms with Gasteiger partial charge in [-0.2, -0.15) is 0 Å². The Morgan fingerprint density at radius 3 is 2.14 bits per heavy atom. The highest BCUT2D eigenvalue weighted by molar-refractivity contribution is 5.79. The van der Waals surface area contributed by atoms with E-state index in [9.17, 15) is 14.4 Å². The number of carboxylic acid groups (broad SMARTS) is 1. The van der Waals surface area contributed by atoms with Crippen molar-refractivity contribution in [3.63, 3.8) is 0 Å². The maximum Gasteiger partial charge on any atom is 0.407 e. The number of ether oxygens (including phenoxy) is 2. The Kier molecular flexibility index (Phi) is 8.87. The molecule has 188 valence electrons. The summed E-state index contributed by atoms with van der Waals surface area (Å²) >= 11 is 0. The molecular formula is C27H34N2O6. The smallest absolute Gasteiger partial charge is 0.407 e. The van der Waals surface area contributed by atoms with E-state index in [-0.39, 0.29) is 56.4 Å². The minimum Gasteiger partial charge on any atom is -0.481 e. The van der Waals surface area contributed by atoms with Gasteiger partial charge in [-0.05, 0) is 27.7 Å². The molecule has 0 heterocycles. The number of carbonyl (C=O) groups is 3. The Morgan fingerprint density at radius 2 is 1.57 bits per heavy atom. The maximum atomic E-state index is 12.7. The topological polar surface area (TPSA) is 114 Å². The minimum atomic E-state index is -0.929. The minimum absolute atomic E-state index is 0.0364. The highest BCUT2D eigenvalue weighted by Gasteiger charge is 2.31. The summed E-state index contributed by atoms with van der Waals surface area (Å²) in [4.78, 5) is 35.6. The molecule has 2 amide bonds. The number of amides is 2. The first-order chi connectivity index (χ1) is 16.7. The summed E-state index contributed by atoms with van der Waals surface area (Å²) in [6, 6.07) is 15.8. The van der Waals surface area contributed by atoms with Crippen LogP contribution in [0.25, 0.3) is 11.1 Å². The summed E-state index contributed by atoms with van der Waals surface area (Å²) in [6.07, 6.45) is -0.552. The third kappa shape index (κ3) is 7.29. The van der Waals surface area contributed by atoms with Gasteiger partial charge < -0.3 is 25.2 Å². The first-order valence-corrected chi connectivity index (χ1v) is 11.8. The van der Waals surface area contributed by atoms with Crippen LogP contribution in [0.15, 0.2) is 48.5 Å². The summed E-state index contributed by atoms with van der Waals surface area (Å²) in [6.45, 7) is 6.63. The molecule has 2 aromatic rings. The van der Waals surface area contributed by atoms with Gasteiger partial charge in [0.25, 0.3) is 0 Å². The van der Waals surface area contributed by atoms with E-state index >= 15 is 0 Å². The number of carboxylic acids is 1. The van der Waals surface area contributed by atoms with Gasteiger partial charge in [-0.25, -0.2) is 4.79 Å². The normalized spacial score (nSPS) is 13.5. The third-order valence-electron chi connectivity index (χ3n) is 6.10. The summed E-state index contributed by atoms with van der Waals surface area (Å²) in [7, 11) is 0. The number of hydrogen-bond acceptors (Lipinski definition) is 5. The van der Waals surface area contributed by atoms with Gasteiger partial charge in [0.05, 0.1) is 19.6 Å². The van der Waals surface area contributed by atoms with Crippen LogP contribution >= 0.6 is 0 Å². The third-order valence-corrected chi connectivity index (χ3v) is 6.10. The van der Waals surface area contributed by atoms with Gasteiger partial charge in [0.2, 0.25) is 5.91 Å². The van der Waals surface area contributed by atoms with Crippen LogP contribution in [-0.2, 0) is 19.1 Å². The molecule has 3 N–H and O–H groups in total. The van der Waals surface area contributed by atoms with Crippen LogP contribution in [0.1, 0.15) is 50.7 Å². The molecule has 1 aliphatic carbocycles. The zero-order valence-corrected chi connectivity index (χ0v) is 20.5. The molecule has 0 spiro atoms. The van der Waals surface area contributed by atoms with E-state index in [4.69, 9.17) is 14.6 Å². The van der Waals surface area contributed by atoms with E-state index in [1.54, 1.807) is 0 Å². The molecule has 0 saturated carbocycles. The first-order valence-electron chi connectivity index (χ1n) is 11.8. The van der Waals surface area contributed by atoms with Crippen molar-refractivity contribution in [3.05, 3.63) is 59.7 Å². The molecule has 3 rings (SSSR count).